The van der Waals surface area contributed by atoms with Gasteiger partial charge in [0.25, 0.3) is 0 Å². The molecule has 9 heterocycles. The Bertz CT molecular complexity index is 2830. The van der Waals surface area contributed by atoms with E-state index in [0.717, 1.165) is 12.7 Å². The minimum Gasteiger partial charge on any atom is -0.390 e. The zero-order chi connectivity index (χ0) is 45.1. The standard InChI is InChI=1S/C30H38N15O16P3/c31-23-20-26(37-7-34-23)43(10-40-20)19-3-15(46)18(59-19)6-56-64(52,53)61-17-2-14(58-30(17)45-12-42-22-25(33)36-9-39-28(22)45)5-55-63(50,51)60-16-1-13(4-54-62(47,48)49)57-29(16)44-11-41-21-24(32)35-8-38-27(21)44/h7-19,29-30,46H,1-6H2,(H,50,51)(H,52,53)(H2,31,34,37)(H2,32,35,38)(H2,33,36,39)(H2,47,48,49). The fourth-order valence-electron chi connectivity index (χ4n) is 7.48. The number of anilines is 3. The molecule has 11 unspecified atom stereocenters. The molecule has 11 atom stereocenters. The number of hydrogen-bond donors (Lipinski definition) is 8. The second-order valence-electron chi connectivity index (χ2n) is 14.6. The third-order valence-corrected chi connectivity index (χ3v) is 12.8. The molecule has 64 heavy (non-hydrogen) atoms. The van der Waals surface area contributed by atoms with Crippen molar-refractivity contribution in [3.63, 3.8) is 0 Å². The van der Waals surface area contributed by atoms with Crippen LogP contribution in [0.5, 0.6) is 0 Å². The molecule has 11 N–H and O–H groups in total. The molecule has 344 valence electrons. The van der Waals surface area contributed by atoms with Crippen LogP contribution >= 0.6 is 23.5 Å². The molecule has 3 saturated heterocycles. The molecule has 31 nitrogen and oxygen atoms in total. The van der Waals surface area contributed by atoms with Gasteiger partial charge in [0.15, 0.2) is 46.9 Å². The minimum atomic E-state index is -5.06. The molecule has 0 radical (unpaired) electrons. The van der Waals surface area contributed by atoms with Gasteiger partial charge in [-0.1, -0.05) is 0 Å². The van der Waals surface area contributed by atoms with Crippen LogP contribution in [0.15, 0.2) is 38.0 Å². The van der Waals surface area contributed by atoms with Gasteiger partial charge in [0, 0.05) is 19.3 Å². The minimum absolute atomic E-state index is 0.0194. The predicted molar refractivity (Wildman–Crippen MR) is 210 cm³/mol. The number of phosphoric acid groups is 3. The summed E-state index contributed by atoms with van der Waals surface area (Å²) in [6.07, 6.45) is -3.38. The van der Waals surface area contributed by atoms with Gasteiger partial charge < -0.3 is 56.1 Å². The highest BCUT2D eigenvalue weighted by Crippen LogP contribution is 2.53. The predicted octanol–water partition coefficient (Wildman–Crippen LogP) is -0.410. The Labute approximate surface area is 357 Å². The van der Waals surface area contributed by atoms with Crippen molar-refractivity contribution in [2.45, 2.75) is 74.6 Å². The maximum absolute atomic E-state index is 13.6. The lowest BCUT2D eigenvalue weighted by atomic mass is 10.2. The van der Waals surface area contributed by atoms with Gasteiger partial charge in [-0.3, -0.25) is 36.3 Å². The Kier molecular flexibility index (Phi) is 12.0. The quantitative estimate of drug-likeness (QED) is 0.0572. The number of aromatic nitrogens is 12. The molecular formula is C30H38N15O16P3. The number of nitrogens with zero attached hydrogens (tertiary/aromatic N) is 12. The van der Waals surface area contributed by atoms with Crippen molar-refractivity contribution in [3.05, 3.63) is 38.0 Å². The van der Waals surface area contributed by atoms with Crippen molar-refractivity contribution in [1.82, 2.24) is 58.6 Å². The molecule has 6 aromatic heterocycles. The van der Waals surface area contributed by atoms with E-state index in [2.05, 4.69) is 49.4 Å². The molecule has 0 aromatic carbocycles. The molecule has 34 heteroatoms. The second-order valence-corrected chi connectivity index (χ2v) is 18.6. The highest BCUT2D eigenvalue weighted by atomic mass is 31.2. The monoisotopic (exact) mass is 957 g/mol. The maximum Gasteiger partial charge on any atom is 0.472 e. The van der Waals surface area contributed by atoms with Crippen molar-refractivity contribution >= 4 is 74.4 Å². The normalized spacial score (nSPS) is 28.4. The van der Waals surface area contributed by atoms with E-state index in [1.165, 1.54) is 39.0 Å². The van der Waals surface area contributed by atoms with Gasteiger partial charge in [-0.2, -0.15) is 0 Å². The summed E-state index contributed by atoms with van der Waals surface area (Å²) in [6, 6.07) is 0. The molecule has 0 saturated carbocycles. The summed E-state index contributed by atoms with van der Waals surface area (Å²) in [5.74, 6) is 0.184. The van der Waals surface area contributed by atoms with Crippen LogP contribution in [0.4, 0.5) is 17.5 Å². The Morgan fingerprint density at radius 2 is 1.00 bits per heavy atom. The van der Waals surface area contributed by atoms with Crippen LogP contribution in [0.1, 0.15) is 37.9 Å². The summed E-state index contributed by atoms with van der Waals surface area (Å²) < 4.78 is 87.3. The van der Waals surface area contributed by atoms with Crippen LogP contribution in [0.2, 0.25) is 0 Å². The zero-order valence-corrected chi connectivity index (χ0v) is 35.3. The number of hydrogen-bond acceptors (Lipinski definition) is 24. The van der Waals surface area contributed by atoms with Crippen molar-refractivity contribution in [1.29, 1.82) is 0 Å². The number of phosphoric ester groups is 3. The van der Waals surface area contributed by atoms with Gasteiger partial charge in [0.2, 0.25) is 0 Å². The molecule has 3 fully saturated rings. The molecule has 0 bridgehead atoms. The number of fused-ring (bicyclic) bond motifs is 3. The van der Waals surface area contributed by atoms with E-state index in [0.29, 0.717) is 11.2 Å². The molecule has 3 aliphatic rings. The van der Waals surface area contributed by atoms with Crippen molar-refractivity contribution in [3.8, 4) is 0 Å². The number of ether oxygens (including phenoxy) is 3. The smallest absolute Gasteiger partial charge is 0.390 e. The fourth-order valence-corrected chi connectivity index (χ4v) is 9.72. The molecule has 6 aromatic rings. The zero-order valence-electron chi connectivity index (χ0n) is 32.6. The number of aliphatic hydroxyl groups is 1. The van der Waals surface area contributed by atoms with Crippen LogP contribution in [-0.2, 0) is 50.5 Å². The Morgan fingerprint density at radius 1 is 0.578 bits per heavy atom. The van der Waals surface area contributed by atoms with Crippen molar-refractivity contribution in [2.75, 3.05) is 37.0 Å². The molecule has 0 aliphatic carbocycles. The Hall–Kier alpha value is -4.78. The van der Waals surface area contributed by atoms with Crippen LogP contribution < -0.4 is 17.2 Å². The van der Waals surface area contributed by atoms with E-state index in [9.17, 15) is 38.4 Å². The molecule has 0 spiro atoms. The van der Waals surface area contributed by atoms with E-state index >= 15 is 0 Å². The molecule has 9 rings (SSSR count). The maximum atomic E-state index is 13.6. The van der Waals surface area contributed by atoms with Gasteiger partial charge in [-0.05, 0) is 0 Å². The molecule has 0 amide bonds. The molecular weight excluding hydrogens is 919 g/mol. The van der Waals surface area contributed by atoms with Gasteiger partial charge in [-0.15, -0.1) is 0 Å². The number of nitrogen functional groups attached to an aromatic ring is 3. The highest BCUT2D eigenvalue weighted by Gasteiger charge is 2.47. The van der Waals surface area contributed by atoms with E-state index < -0.39 is 98.6 Å². The summed E-state index contributed by atoms with van der Waals surface area (Å²) >= 11 is 0. The number of aliphatic hydroxyl groups excluding tert-OH is 1. The second kappa shape index (κ2) is 17.2. The average molecular weight is 958 g/mol. The Morgan fingerprint density at radius 3 is 1.47 bits per heavy atom. The molecule has 3 aliphatic heterocycles. The summed E-state index contributed by atoms with van der Waals surface area (Å²) in [6.45, 7) is -1.88. The van der Waals surface area contributed by atoms with Crippen molar-refractivity contribution < 1.29 is 75.2 Å². The lowest BCUT2D eigenvalue weighted by Gasteiger charge is -2.24. The van der Waals surface area contributed by atoms with Gasteiger partial charge in [0.1, 0.15) is 60.1 Å². The van der Waals surface area contributed by atoms with Crippen LogP contribution in [0, 0.1) is 0 Å². The highest BCUT2D eigenvalue weighted by molar-refractivity contribution is 7.47. The van der Waals surface area contributed by atoms with Crippen LogP contribution in [0.25, 0.3) is 33.5 Å². The summed E-state index contributed by atoms with van der Waals surface area (Å²) in [7, 11) is -15.0. The summed E-state index contributed by atoms with van der Waals surface area (Å²) in [5, 5.41) is 10.8. The van der Waals surface area contributed by atoms with Gasteiger partial charge in [0.05, 0.1) is 57.1 Å². The first-order chi connectivity index (χ1) is 30.4. The van der Waals surface area contributed by atoms with Gasteiger partial charge >= 0.3 is 23.5 Å². The first kappa shape index (κ1) is 44.4. The van der Waals surface area contributed by atoms with E-state index in [-0.39, 0.29) is 59.0 Å². The third-order valence-electron chi connectivity index (χ3n) is 10.3. The number of nitrogens with two attached hydrogens (primary N) is 3. The lowest BCUT2D eigenvalue weighted by Crippen LogP contribution is -2.27. The van der Waals surface area contributed by atoms with Gasteiger partial charge in [-0.25, -0.2) is 58.6 Å². The average Bonchev–Trinajstić information content (AvgIpc) is 4.09. The third kappa shape index (κ3) is 9.20. The largest absolute Gasteiger partial charge is 0.472 e. The van der Waals surface area contributed by atoms with E-state index in [4.69, 9.17) is 49.5 Å². The topological polar surface area (TPSA) is 435 Å². The van der Waals surface area contributed by atoms with E-state index in [1.54, 1.807) is 0 Å². The van der Waals surface area contributed by atoms with Crippen LogP contribution in [0.3, 0.4) is 0 Å². The fraction of sp³-hybridized carbons (Fsp3) is 0.500. The first-order valence-corrected chi connectivity index (χ1v) is 23.4. The van der Waals surface area contributed by atoms with Crippen LogP contribution in [-0.4, -0.2) is 140 Å². The first-order valence-electron chi connectivity index (χ1n) is 18.9. The SMILES string of the molecule is Nc1ncnc2c1ncn2C1CC(O)C(COP(=O)(O)OC2CC(COP(=O)(O)OC3CC(COP(=O)(O)O)OC3n3cnc4c(N)ncnc43)OC2n2cnc3c(N)ncnc32)O1. The summed E-state index contributed by atoms with van der Waals surface area (Å²) in [4.78, 5) is 77.3. The van der Waals surface area contributed by atoms with Crippen molar-refractivity contribution in [2.24, 2.45) is 0 Å². The Balaban J connectivity index is 0.884. The lowest BCUT2D eigenvalue weighted by molar-refractivity contribution is -0.0628. The van der Waals surface area contributed by atoms with E-state index in [1.807, 2.05) is 0 Å². The number of imidazole rings is 3. The number of rotatable bonds is 16. The summed E-state index contributed by atoms with van der Waals surface area (Å²) in [5.41, 5.74) is 19.1.